The molecule has 0 aliphatic carbocycles. The molecule has 1 aromatic rings. The third kappa shape index (κ3) is 5.77. The number of carbonyl (C=O) groups excluding carboxylic acids is 1. The molecule has 112 valence electrons. The van der Waals surface area contributed by atoms with Gasteiger partial charge in [-0.1, -0.05) is 18.5 Å². The minimum Gasteiger partial charge on any atom is -0.483 e. The number of benzene rings is 1. The van der Waals surface area contributed by atoms with Crippen molar-refractivity contribution in [1.82, 2.24) is 10.3 Å². The lowest BCUT2D eigenvalue weighted by Gasteiger charge is -2.10. The molecular formula is C12H17ClN2O4S. The zero-order valence-electron chi connectivity index (χ0n) is 11.3. The summed E-state index contributed by atoms with van der Waals surface area (Å²) in [6.45, 7) is 3.23. The molecule has 1 aromatic carbocycles. The van der Waals surface area contributed by atoms with Crippen molar-refractivity contribution in [2.75, 3.05) is 12.4 Å². The number of rotatable bonds is 7. The number of hydrogen-bond donors (Lipinski definition) is 2. The van der Waals surface area contributed by atoms with E-state index >= 15 is 0 Å². The molecule has 0 spiro atoms. The number of hydrogen-bond acceptors (Lipinski definition) is 4. The van der Waals surface area contributed by atoms with Gasteiger partial charge in [0.05, 0.1) is 5.75 Å². The second kappa shape index (κ2) is 7.47. The van der Waals surface area contributed by atoms with E-state index in [4.69, 9.17) is 16.3 Å². The standard InChI is InChI=1S/C12H17ClN2O4S/c1-3-6-20(17,18)15-14-12(16)8-19-11-5-4-10(13)7-9(11)2/h4-5,7,15H,3,6,8H2,1-2H3,(H,14,16). The van der Waals surface area contributed by atoms with Crippen LogP contribution in [0.5, 0.6) is 5.75 Å². The van der Waals surface area contributed by atoms with Crippen LogP contribution in [0.4, 0.5) is 0 Å². The van der Waals surface area contributed by atoms with Gasteiger partial charge in [-0.15, -0.1) is 4.83 Å². The monoisotopic (exact) mass is 320 g/mol. The van der Waals surface area contributed by atoms with Gasteiger partial charge in [-0.05, 0) is 37.1 Å². The van der Waals surface area contributed by atoms with Crippen LogP contribution >= 0.6 is 11.6 Å². The van der Waals surface area contributed by atoms with Crippen LogP contribution in [0.1, 0.15) is 18.9 Å². The fraction of sp³-hybridized carbons (Fsp3) is 0.417. The fourth-order valence-corrected chi connectivity index (χ4v) is 2.54. The second-order valence-electron chi connectivity index (χ2n) is 4.17. The molecule has 20 heavy (non-hydrogen) atoms. The summed E-state index contributed by atoms with van der Waals surface area (Å²) in [7, 11) is -3.48. The van der Waals surface area contributed by atoms with Gasteiger partial charge in [-0.2, -0.15) is 0 Å². The Morgan fingerprint density at radius 2 is 2.10 bits per heavy atom. The maximum Gasteiger partial charge on any atom is 0.272 e. The summed E-state index contributed by atoms with van der Waals surface area (Å²) in [4.78, 5) is 13.4. The van der Waals surface area contributed by atoms with Crippen molar-refractivity contribution in [2.45, 2.75) is 20.3 Å². The van der Waals surface area contributed by atoms with Gasteiger partial charge in [0.2, 0.25) is 10.0 Å². The number of nitrogens with one attached hydrogen (secondary N) is 2. The van der Waals surface area contributed by atoms with Gasteiger partial charge in [0.1, 0.15) is 5.75 Å². The van der Waals surface area contributed by atoms with E-state index in [2.05, 4.69) is 5.43 Å². The minimum atomic E-state index is -3.48. The van der Waals surface area contributed by atoms with Crippen LogP contribution in [0.2, 0.25) is 5.02 Å². The number of amides is 1. The topological polar surface area (TPSA) is 84.5 Å². The highest BCUT2D eigenvalue weighted by Gasteiger charge is 2.11. The van der Waals surface area contributed by atoms with Crippen molar-refractivity contribution >= 4 is 27.5 Å². The fourth-order valence-electron chi connectivity index (χ4n) is 1.41. The average Bonchev–Trinajstić information content (AvgIpc) is 2.35. The Kier molecular flexibility index (Phi) is 6.25. The molecule has 0 bridgehead atoms. The highest BCUT2D eigenvalue weighted by molar-refractivity contribution is 7.89. The maximum absolute atomic E-state index is 11.5. The number of sulfonamides is 1. The van der Waals surface area contributed by atoms with Gasteiger partial charge in [0, 0.05) is 5.02 Å². The molecule has 0 aromatic heterocycles. The van der Waals surface area contributed by atoms with E-state index in [1.807, 2.05) is 4.83 Å². The largest absolute Gasteiger partial charge is 0.483 e. The van der Waals surface area contributed by atoms with E-state index in [0.29, 0.717) is 17.2 Å². The van der Waals surface area contributed by atoms with Crippen LogP contribution in [-0.4, -0.2) is 26.7 Å². The van der Waals surface area contributed by atoms with E-state index in [9.17, 15) is 13.2 Å². The molecule has 1 amide bonds. The van der Waals surface area contributed by atoms with Gasteiger partial charge in [-0.25, -0.2) is 8.42 Å². The molecule has 0 heterocycles. The maximum atomic E-state index is 11.5. The number of halogens is 1. The predicted molar refractivity (Wildman–Crippen MR) is 77.0 cm³/mol. The van der Waals surface area contributed by atoms with Crippen LogP contribution in [0.3, 0.4) is 0 Å². The smallest absolute Gasteiger partial charge is 0.272 e. The van der Waals surface area contributed by atoms with Crippen molar-refractivity contribution in [3.8, 4) is 5.75 Å². The van der Waals surface area contributed by atoms with Crippen LogP contribution in [0, 0.1) is 6.92 Å². The number of ether oxygens (including phenoxy) is 1. The van der Waals surface area contributed by atoms with Crippen molar-refractivity contribution < 1.29 is 17.9 Å². The van der Waals surface area contributed by atoms with Crippen LogP contribution in [0.15, 0.2) is 18.2 Å². The third-order valence-corrected chi connectivity index (χ3v) is 3.91. The normalized spacial score (nSPS) is 11.2. The number of hydrazine groups is 1. The van der Waals surface area contributed by atoms with Crippen LogP contribution in [0.25, 0.3) is 0 Å². The third-order valence-electron chi connectivity index (χ3n) is 2.31. The number of carbonyl (C=O) groups is 1. The summed E-state index contributed by atoms with van der Waals surface area (Å²) in [5.74, 6) is -0.121. The zero-order valence-corrected chi connectivity index (χ0v) is 12.8. The molecule has 0 atom stereocenters. The van der Waals surface area contributed by atoms with E-state index in [0.717, 1.165) is 5.56 Å². The van der Waals surface area contributed by atoms with Crippen LogP contribution in [-0.2, 0) is 14.8 Å². The van der Waals surface area contributed by atoms with Gasteiger partial charge >= 0.3 is 0 Å². The molecule has 0 unspecified atom stereocenters. The Labute approximate surface area is 123 Å². The second-order valence-corrected chi connectivity index (χ2v) is 6.45. The zero-order chi connectivity index (χ0) is 15.2. The quantitative estimate of drug-likeness (QED) is 0.743. The van der Waals surface area contributed by atoms with E-state index < -0.39 is 15.9 Å². The summed E-state index contributed by atoms with van der Waals surface area (Å²) in [5, 5.41) is 0.576. The molecule has 1 rings (SSSR count). The Morgan fingerprint density at radius 1 is 1.40 bits per heavy atom. The van der Waals surface area contributed by atoms with Gasteiger partial charge < -0.3 is 4.74 Å². The summed E-state index contributed by atoms with van der Waals surface area (Å²) >= 11 is 5.80. The van der Waals surface area contributed by atoms with Crippen molar-refractivity contribution in [3.05, 3.63) is 28.8 Å². The Morgan fingerprint density at radius 3 is 2.70 bits per heavy atom. The lowest BCUT2D eigenvalue weighted by Crippen LogP contribution is -2.44. The van der Waals surface area contributed by atoms with E-state index in [-0.39, 0.29) is 12.4 Å². The van der Waals surface area contributed by atoms with Gasteiger partial charge in [0.15, 0.2) is 6.61 Å². The minimum absolute atomic E-state index is 0.0512. The molecule has 8 heteroatoms. The molecule has 0 saturated carbocycles. The summed E-state index contributed by atoms with van der Waals surface area (Å²) < 4.78 is 27.9. The van der Waals surface area contributed by atoms with Crippen LogP contribution < -0.4 is 15.0 Å². The lowest BCUT2D eigenvalue weighted by atomic mass is 10.2. The van der Waals surface area contributed by atoms with Crippen molar-refractivity contribution in [1.29, 1.82) is 0 Å². The molecule has 0 fully saturated rings. The first-order chi connectivity index (χ1) is 9.34. The number of aryl methyl sites for hydroxylation is 1. The SMILES string of the molecule is CCCS(=O)(=O)NNC(=O)COc1ccc(Cl)cc1C. The van der Waals surface area contributed by atoms with E-state index in [1.54, 1.807) is 32.0 Å². The highest BCUT2D eigenvalue weighted by atomic mass is 35.5. The Balaban J connectivity index is 2.44. The molecule has 0 saturated heterocycles. The van der Waals surface area contributed by atoms with E-state index in [1.165, 1.54) is 0 Å². The summed E-state index contributed by atoms with van der Waals surface area (Å²) in [5.41, 5.74) is 2.87. The Bertz CT molecular complexity index is 575. The summed E-state index contributed by atoms with van der Waals surface area (Å²) in [6, 6.07) is 5.00. The van der Waals surface area contributed by atoms with Gasteiger partial charge in [-0.3, -0.25) is 10.2 Å². The molecule has 0 radical (unpaired) electrons. The van der Waals surface area contributed by atoms with Crippen molar-refractivity contribution in [2.24, 2.45) is 0 Å². The lowest BCUT2D eigenvalue weighted by molar-refractivity contribution is -0.123. The first kappa shape index (κ1) is 16.7. The van der Waals surface area contributed by atoms with Gasteiger partial charge in [0.25, 0.3) is 5.91 Å². The molecule has 6 nitrogen and oxygen atoms in total. The molecule has 2 N–H and O–H groups in total. The first-order valence-electron chi connectivity index (χ1n) is 6.01. The molecular weight excluding hydrogens is 304 g/mol. The summed E-state index contributed by atoms with van der Waals surface area (Å²) in [6.07, 6.45) is 0.464. The first-order valence-corrected chi connectivity index (χ1v) is 8.04. The molecule has 0 aliphatic heterocycles. The average molecular weight is 321 g/mol. The Hall–Kier alpha value is -1.31. The predicted octanol–water partition coefficient (Wildman–Crippen LogP) is 1.39. The molecule has 0 aliphatic rings. The van der Waals surface area contributed by atoms with Crippen molar-refractivity contribution in [3.63, 3.8) is 0 Å². The highest BCUT2D eigenvalue weighted by Crippen LogP contribution is 2.21.